The molecular formula is C14H21FN2O. The molecule has 0 fully saturated rings. The molecule has 0 saturated carbocycles. The van der Waals surface area contributed by atoms with E-state index in [-0.39, 0.29) is 24.2 Å². The number of nitrogens with zero attached hydrogens (tertiary/aromatic N) is 1. The van der Waals surface area contributed by atoms with Crippen LogP contribution in [0, 0.1) is 11.7 Å². The Labute approximate surface area is 108 Å². The Balaban J connectivity index is 2.67. The van der Waals surface area contributed by atoms with Crippen molar-refractivity contribution < 1.29 is 9.18 Å². The van der Waals surface area contributed by atoms with E-state index in [9.17, 15) is 9.18 Å². The van der Waals surface area contributed by atoms with Gasteiger partial charge in [0, 0.05) is 25.7 Å². The topological polar surface area (TPSA) is 46.3 Å². The maximum absolute atomic E-state index is 13.5. The maximum atomic E-state index is 13.5. The van der Waals surface area contributed by atoms with Gasteiger partial charge in [-0.05, 0) is 12.5 Å². The lowest BCUT2D eigenvalue weighted by atomic mass is 10.0. The Kier molecular flexibility index (Phi) is 5.78. The Morgan fingerprint density at radius 2 is 2.11 bits per heavy atom. The molecule has 0 spiro atoms. The fraction of sp³-hybridized carbons (Fsp3) is 0.500. The van der Waals surface area contributed by atoms with Crippen LogP contribution in [0.4, 0.5) is 4.39 Å². The molecule has 1 aromatic rings. The highest BCUT2D eigenvalue weighted by Crippen LogP contribution is 2.13. The van der Waals surface area contributed by atoms with Crippen molar-refractivity contribution >= 4 is 5.91 Å². The van der Waals surface area contributed by atoms with Gasteiger partial charge in [-0.2, -0.15) is 0 Å². The van der Waals surface area contributed by atoms with Gasteiger partial charge in [0.1, 0.15) is 5.82 Å². The van der Waals surface area contributed by atoms with E-state index in [0.29, 0.717) is 12.1 Å². The summed E-state index contributed by atoms with van der Waals surface area (Å²) in [6.07, 6.45) is 1.69. The van der Waals surface area contributed by atoms with Crippen LogP contribution >= 0.6 is 0 Å². The molecule has 18 heavy (non-hydrogen) atoms. The van der Waals surface area contributed by atoms with E-state index < -0.39 is 0 Å². The molecule has 0 heterocycles. The molecule has 0 saturated heterocycles. The highest BCUT2D eigenvalue weighted by Gasteiger charge is 2.20. The van der Waals surface area contributed by atoms with Crippen LogP contribution in [0.1, 0.15) is 25.3 Å². The molecule has 0 aliphatic heterocycles. The van der Waals surface area contributed by atoms with Crippen LogP contribution in [0.5, 0.6) is 0 Å². The van der Waals surface area contributed by atoms with Gasteiger partial charge >= 0.3 is 0 Å². The first kappa shape index (κ1) is 14.6. The zero-order valence-corrected chi connectivity index (χ0v) is 11.0. The number of carbonyl (C=O) groups excluding carboxylic acids is 1. The molecule has 1 amide bonds. The van der Waals surface area contributed by atoms with Crippen molar-refractivity contribution in [2.45, 2.75) is 26.3 Å². The molecule has 3 nitrogen and oxygen atoms in total. The zero-order valence-electron chi connectivity index (χ0n) is 11.0. The van der Waals surface area contributed by atoms with Gasteiger partial charge in [0.15, 0.2) is 0 Å². The average molecular weight is 252 g/mol. The van der Waals surface area contributed by atoms with Crippen LogP contribution in [0.3, 0.4) is 0 Å². The van der Waals surface area contributed by atoms with Crippen LogP contribution in [0.15, 0.2) is 24.3 Å². The van der Waals surface area contributed by atoms with E-state index >= 15 is 0 Å². The first-order valence-corrected chi connectivity index (χ1v) is 6.28. The monoisotopic (exact) mass is 252 g/mol. The Hall–Kier alpha value is -1.42. The summed E-state index contributed by atoms with van der Waals surface area (Å²) >= 11 is 0. The number of hydrogen-bond donors (Lipinski definition) is 1. The standard InChI is InChI=1S/C14H21FN2O/c1-3-6-11(9-16)14(18)17(2)10-12-7-4-5-8-13(12)15/h4-5,7-8,11H,3,6,9-10,16H2,1-2H3. The number of carbonyl (C=O) groups is 1. The molecule has 2 N–H and O–H groups in total. The Morgan fingerprint density at radius 1 is 1.44 bits per heavy atom. The summed E-state index contributed by atoms with van der Waals surface area (Å²) < 4.78 is 13.5. The number of rotatable bonds is 6. The number of amides is 1. The first-order valence-electron chi connectivity index (χ1n) is 6.28. The molecule has 1 unspecified atom stereocenters. The van der Waals surface area contributed by atoms with Crippen molar-refractivity contribution in [2.24, 2.45) is 11.7 Å². The van der Waals surface area contributed by atoms with Crippen molar-refractivity contribution in [3.63, 3.8) is 0 Å². The average Bonchev–Trinajstić information content (AvgIpc) is 2.37. The summed E-state index contributed by atoms with van der Waals surface area (Å²) in [4.78, 5) is 13.7. The van der Waals surface area contributed by atoms with Crippen molar-refractivity contribution in [2.75, 3.05) is 13.6 Å². The number of nitrogens with two attached hydrogens (primary N) is 1. The lowest BCUT2D eigenvalue weighted by Crippen LogP contribution is -2.36. The van der Waals surface area contributed by atoms with Gasteiger partial charge < -0.3 is 10.6 Å². The lowest BCUT2D eigenvalue weighted by Gasteiger charge is -2.23. The van der Waals surface area contributed by atoms with E-state index in [1.165, 1.54) is 6.07 Å². The van der Waals surface area contributed by atoms with Gasteiger partial charge in [-0.3, -0.25) is 4.79 Å². The smallest absolute Gasteiger partial charge is 0.226 e. The summed E-state index contributed by atoms with van der Waals surface area (Å²) in [5.74, 6) is -0.452. The van der Waals surface area contributed by atoms with E-state index in [1.807, 2.05) is 6.92 Å². The Morgan fingerprint density at radius 3 is 2.67 bits per heavy atom. The van der Waals surface area contributed by atoms with Crippen LogP contribution in [0.2, 0.25) is 0 Å². The van der Waals surface area contributed by atoms with Crippen LogP contribution in [0.25, 0.3) is 0 Å². The van der Waals surface area contributed by atoms with Crippen molar-refractivity contribution in [3.8, 4) is 0 Å². The van der Waals surface area contributed by atoms with Gasteiger partial charge in [-0.15, -0.1) is 0 Å². The highest BCUT2D eigenvalue weighted by atomic mass is 19.1. The summed E-state index contributed by atoms with van der Waals surface area (Å²) in [5, 5.41) is 0. The number of halogens is 1. The van der Waals surface area contributed by atoms with Crippen molar-refractivity contribution in [3.05, 3.63) is 35.6 Å². The van der Waals surface area contributed by atoms with Crippen LogP contribution in [-0.4, -0.2) is 24.4 Å². The normalized spacial score (nSPS) is 12.2. The quantitative estimate of drug-likeness (QED) is 0.843. The molecule has 100 valence electrons. The number of benzene rings is 1. The molecule has 0 aliphatic rings. The number of hydrogen-bond acceptors (Lipinski definition) is 2. The molecule has 0 aliphatic carbocycles. The second kappa shape index (κ2) is 7.11. The molecule has 4 heteroatoms. The second-order valence-corrected chi connectivity index (χ2v) is 4.51. The molecule has 1 atom stereocenters. The minimum atomic E-state index is -0.281. The van der Waals surface area contributed by atoms with E-state index in [4.69, 9.17) is 5.73 Å². The minimum absolute atomic E-state index is 0.0115. The van der Waals surface area contributed by atoms with Gasteiger partial charge in [-0.25, -0.2) is 4.39 Å². The SMILES string of the molecule is CCCC(CN)C(=O)N(C)Cc1ccccc1F. The van der Waals surface area contributed by atoms with Crippen LogP contribution in [-0.2, 0) is 11.3 Å². The van der Waals surface area contributed by atoms with E-state index in [0.717, 1.165) is 12.8 Å². The maximum Gasteiger partial charge on any atom is 0.226 e. The molecular weight excluding hydrogens is 231 g/mol. The van der Waals surface area contributed by atoms with Gasteiger partial charge in [0.2, 0.25) is 5.91 Å². The summed E-state index contributed by atoms with van der Waals surface area (Å²) in [5.41, 5.74) is 6.13. The zero-order chi connectivity index (χ0) is 13.5. The summed E-state index contributed by atoms with van der Waals surface area (Å²) in [7, 11) is 1.69. The Bertz CT molecular complexity index is 395. The van der Waals surface area contributed by atoms with E-state index in [2.05, 4.69) is 0 Å². The van der Waals surface area contributed by atoms with Crippen LogP contribution < -0.4 is 5.73 Å². The summed E-state index contributed by atoms with van der Waals surface area (Å²) in [6, 6.07) is 6.50. The predicted octanol–water partition coefficient (Wildman–Crippen LogP) is 2.16. The predicted molar refractivity (Wildman–Crippen MR) is 70.3 cm³/mol. The third-order valence-electron chi connectivity index (χ3n) is 3.01. The fourth-order valence-corrected chi connectivity index (χ4v) is 1.96. The van der Waals surface area contributed by atoms with Crippen molar-refractivity contribution in [1.82, 2.24) is 4.90 Å². The molecule has 1 aromatic carbocycles. The lowest BCUT2D eigenvalue weighted by molar-refractivity contribution is -0.134. The highest BCUT2D eigenvalue weighted by molar-refractivity contribution is 5.78. The van der Waals surface area contributed by atoms with Gasteiger partial charge in [0.05, 0.1) is 5.92 Å². The largest absolute Gasteiger partial charge is 0.341 e. The first-order chi connectivity index (χ1) is 8.60. The van der Waals surface area contributed by atoms with Gasteiger partial charge in [-0.1, -0.05) is 31.5 Å². The van der Waals surface area contributed by atoms with Crippen molar-refractivity contribution in [1.29, 1.82) is 0 Å². The summed E-state index contributed by atoms with van der Waals surface area (Å²) in [6.45, 7) is 2.65. The third-order valence-corrected chi connectivity index (χ3v) is 3.01. The minimum Gasteiger partial charge on any atom is -0.341 e. The molecule has 1 rings (SSSR count). The fourth-order valence-electron chi connectivity index (χ4n) is 1.96. The van der Waals surface area contributed by atoms with Gasteiger partial charge in [0.25, 0.3) is 0 Å². The van der Waals surface area contributed by atoms with E-state index in [1.54, 1.807) is 30.1 Å². The molecule has 0 aromatic heterocycles. The molecule has 0 radical (unpaired) electrons. The third kappa shape index (κ3) is 3.81. The molecule has 0 bridgehead atoms. The second-order valence-electron chi connectivity index (χ2n) is 4.51.